The quantitative estimate of drug-likeness (QED) is 0.649. The molecule has 1 atom stereocenters. The Morgan fingerprint density at radius 1 is 1.00 bits per heavy atom. The van der Waals surface area contributed by atoms with Crippen LogP contribution in [0.15, 0.2) is 59.4 Å². The standard InChI is InChI=1S/C24H28N2O4/c27-23(15-25-13-22(14-25)26-6-9-28-10-7-26)17-30-24-4-3-18-11-19(1-2-20(18)12-24)21-5-8-29-16-21/h1-5,8,11-12,16,22-23,27H,6-7,9-10,13-15,17H2. The van der Waals surface area contributed by atoms with Crippen molar-refractivity contribution in [1.82, 2.24) is 9.80 Å². The molecule has 0 radical (unpaired) electrons. The van der Waals surface area contributed by atoms with Gasteiger partial charge < -0.3 is 19.0 Å². The van der Waals surface area contributed by atoms with Gasteiger partial charge in [0.15, 0.2) is 0 Å². The molecule has 3 heterocycles. The fourth-order valence-corrected chi connectivity index (χ4v) is 4.33. The molecule has 0 saturated carbocycles. The number of aliphatic hydroxyl groups excluding tert-OH is 1. The number of ether oxygens (including phenoxy) is 2. The van der Waals surface area contributed by atoms with Gasteiger partial charge in [-0.15, -0.1) is 0 Å². The van der Waals surface area contributed by atoms with E-state index in [9.17, 15) is 5.11 Å². The SMILES string of the molecule is OC(COc1ccc2cc(-c3ccoc3)ccc2c1)CN1CC(N2CCOCC2)C1. The summed E-state index contributed by atoms with van der Waals surface area (Å²) in [6.07, 6.45) is 2.95. The number of hydrogen-bond acceptors (Lipinski definition) is 6. The van der Waals surface area contributed by atoms with E-state index in [1.807, 2.05) is 18.2 Å². The van der Waals surface area contributed by atoms with Gasteiger partial charge in [-0.05, 0) is 40.6 Å². The lowest BCUT2D eigenvalue weighted by Gasteiger charge is -2.47. The number of rotatable bonds is 7. The fraction of sp³-hybridized carbons (Fsp3) is 0.417. The van der Waals surface area contributed by atoms with Crippen LogP contribution in [0.25, 0.3) is 21.9 Å². The third-order valence-corrected chi connectivity index (χ3v) is 6.08. The Balaban J connectivity index is 1.11. The van der Waals surface area contributed by atoms with E-state index < -0.39 is 6.10 Å². The van der Waals surface area contributed by atoms with Crippen LogP contribution >= 0.6 is 0 Å². The smallest absolute Gasteiger partial charge is 0.120 e. The van der Waals surface area contributed by atoms with Gasteiger partial charge in [-0.1, -0.05) is 18.2 Å². The summed E-state index contributed by atoms with van der Waals surface area (Å²) in [5, 5.41) is 12.7. The molecule has 2 fully saturated rings. The number of likely N-dealkylation sites (tertiary alicyclic amines) is 1. The van der Waals surface area contributed by atoms with Crippen LogP contribution in [0.5, 0.6) is 5.75 Å². The summed E-state index contributed by atoms with van der Waals surface area (Å²) in [6, 6.07) is 14.9. The van der Waals surface area contributed by atoms with Crippen molar-refractivity contribution in [3.63, 3.8) is 0 Å². The number of hydrogen-bond donors (Lipinski definition) is 1. The molecule has 1 aromatic heterocycles. The first-order valence-electron chi connectivity index (χ1n) is 10.7. The number of morpholine rings is 1. The van der Waals surface area contributed by atoms with Crippen molar-refractivity contribution in [1.29, 1.82) is 0 Å². The summed E-state index contributed by atoms with van der Waals surface area (Å²) < 4.78 is 16.5. The minimum absolute atomic E-state index is 0.303. The van der Waals surface area contributed by atoms with Gasteiger partial charge in [-0.3, -0.25) is 9.80 Å². The molecule has 2 aromatic carbocycles. The van der Waals surface area contributed by atoms with Gasteiger partial charge in [0, 0.05) is 44.3 Å². The monoisotopic (exact) mass is 408 g/mol. The largest absolute Gasteiger partial charge is 0.491 e. The highest BCUT2D eigenvalue weighted by Gasteiger charge is 2.33. The molecule has 0 amide bonds. The van der Waals surface area contributed by atoms with E-state index in [0.29, 0.717) is 19.2 Å². The lowest BCUT2D eigenvalue weighted by Crippen LogP contribution is -2.62. The highest BCUT2D eigenvalue weighted by molar-refractivity contribution is 5.88. The Bertz CT molecular complexity index is 963. The van der Waals surface area contributed by atoms with Gasteiger partial charge in [0.05, 0.1) is 25.7 Å². The zero-order chi connectivity index (χ0) is 20.3. The zero-order valence-corrected chi connectivity index (χ0v) is 17.1. The predicted molar refractivity (Wildman–Crippen MR) is 116 cm³/mol. The zero-order valence-electron chi connectivity index (χ0n) is 17.1. The van der Waals surface area contributed by atoms with E-state index in [4.69, 9.17) is 13.9 Å². The van der Waals surface area contributed by atoms with Crippen LogP contribution in [-0.4, -0.2) is 79.6 Å². The van der Waals surface area contributed by atoms with E-state index in [0.717, 1.165) is 67.0 Å². The van der Waals surface area contributed by atoms with E-state index in [1.54, 1.807) is 12.5 Å². The first-order chi connectivity index (χ1) is 14.7. The maximum atomic E-state index is 10.4. The van der Waals surface area contributed by atoms with Crippen LogP contribution in [0.2, 0.25) is 0 Å². The molecule has 6 heteroatoms. The van der Waals surface area contributed by atoms with E-state index in [-0.39, 0.29) is 0 Å². The van der Waals surface area contributed by atoms with Crippen molar-refractivity contribution >= 4 is 10.8 Å². The number of aliphatic hydroxyl groups is 1. The van der Waals surface area contributed by atoms with Gasteiger partial charge in [0.2, 0.25) is 0 Å². The number of benzene rings is 2. The Hall–Kier alpha value is -2.38. The third-order valence-electron chi connectivity index (χ3n) is 6.08. The van der Waals surface area contributed by atoms with Gasteiger partial charge in [0.25, 0.3) is 0 Å². The van der Waals surface area contributed by atoms with Crippen molar-refractivity contribution in [2.75, 3.05) is 52.5 Å². The minimum atomic E-state index is -0.491. The summed E-state index contributed by atoms with van der Waals surface area (Å²) in [4.78, 5) is 4.79. The van der Waals surface area contributed by atoms with Crippen molar-refractivity contribution in [3.8, 4) is 16.9 Å². The Kier molecular flexibility index (Phi) is 5.73. The van der Waals surface area contributed by atoms with Crippen LogP contribution < -0.4 is 4.74 Å². The van der Waals surface area contributed by atoms with Crippen LogP contribution in [0.1, 0.15) is 0 Å². The van der Waals surface area contributed by atoms with Crippen molar-refractivity contribution in [3.05, 3.63) is 55.0 Å². The highest BCUT2D eigenvalue weighted by Crippen LogP contribution is 2.27. The van der Waals surface area contributed by atoms with Crippen molar-refractivity contribution in [2.45, 2.75) is 12.1 Å². The molecule has 0 bridgehead atoms. The first-order valence-corrected chi connectivity index (χ1v) is 10.7. The summed E-state index contributed by atoms with van der Waals surface area (Å²) in [5.74, 6) is 0.785. The maximum absolute atomic E-state index is 10.4. The van der Waals surface area contributed by atoms with Crippen LogP contribution in [0.3, 0.4) is 0 Å². The fourth-order valence-electron chi connectivity index (χ4n) is 4.33. The molecule has 5 rings (SSSR count). The number of fused-ring (bicyclic) bond motifs is 1. The second-order valence-corrected chi connectivity index (χ2v) is 8.22. The number of β-amino-alcohol motifs (C(OH)–C–C–N with tert-alkyl or cyclic N) is 1. The lowest BCUT2D eigenvalue weighted by molar-refractivity contribution is -0.0461. The van der Waals surface area contributed by atoms with Gasteiger partial charge in [0.1, 0.15) is 18.5 Å². The molecule has 1 N–H and O–H groups in total. The van der Waals surface area contributed by atoms with Gasteiger partial charge in [-0.2, -0.15) is 0 Å². The van der Waals surface area contributed by atoms with E-state index >= 15 is 0 Å². The molecule has 30 heavy (non-hydrogen) atoms. The Morgan fingerprint density at radius 3 is 2.60 bits per heavy atom. The molecule has 2 aliphatic rings. The molecule has 1 unspecified atom stereocenters. The highest BCUT2D eigenvalue weighted by atomic mass is 16.5. The van der Waals surface area contributed by atoms with Crippen molar-refractivity contribution < 1.29 is 19.0 Å². The summed E-state index contributed by atoms with van der Waals surface area (Å²) in [6.45, 7) is 6.72. The molecule has 0 spiro atoms. The Labute approximate surface area is 176 Å². The minimum Gasteiger partial charge on any atom is -0.491 e. The maximum Gasteiger partial charge on any atom is 0.120 e. The van der Waals surface area contributed by atoms with Crippen LogP contribution in [-0.2, 0) is 4.74 Å². The molecule has 3 aromatic rings. The normalized spacial score (nSPS) is 19.6. The molecule has 0 aliphatic carbocycles. The van der Waals surface area contributed by atoms with Gasteiger partial charge in [-0.25, -0.2) is 0 Å². The molecule has 158 valence electrons. The van der Waals surface area contributed by atoms with Gasteiger partial charge >= 0.3 is 0 Å². The summed E-state index contributed by atoms with van der Waals surface area (Å²) in [5.41, 5.74) is 2.20. The number of furan rings is 1. The number of nitrogens with zero attached hydrogens (tertiary/aromatic N) is 2. The first kappa shape index (κ1) is 19.6. The van der Waals surface area contributed by atoms with Crippen molar-refractivity contribution in [2.24, 2.45) is 0 Å². The molecule has 6 nitrogen and oxygen atoms in total. The average molecular weight is 408 g/mol. The topological polar surface area (TPSA) is 58.3 Å². The van der Waals surface area contributed by atoms with E-state index in [2.05, 4.69) is 34.1 Å². The van der Waals surface area contributed by atoms with Crippen LogP contribution in [0.4, 0.5) is 0 Å². The summed E-state index contributed by atoms with van der Waals surface area (Å²) >= 11 is 0. The van der Waals surface area contributed by atoms with Crippen LogP contribution in [0, 0.1) is 0 Å². The summed E-state index contributed by atoms with van der Waals surface area (Å²) in [7, 11) is 0. The molecular weight excluding hydrogens is 380 g/mol. The molecule has 2 aliphatic heterocycles. The average Bonchev–Trinajstić information content (AvgIpc) is 3.29. The van der Waals surface area contributed by atoms with E-state index in [1.165, 1.54) is 0 Å². The molecule has 2 saturated heterocycles. The lowest BCUT2D eigenvalue weighted by atomic mass is 10.0. The second kappa shape index (κ2) is 8.78. The Morgan fingerprint density at radius 2 is 1.80 bits per heavy atom. The molecular formula is C24H28N2O4. The second-order valence-electron chi connectivity index (χ2n) is 8.22. The predicted octanol–water partition coefficient (Wildman–Crippen LogP) is 2.86. The third kappa shape index (κ3) is 4.37.